The Bertz CT molecular complexity index is 702. The summed E-state index contributed by atoms with van der Waals surface area (Å²) in [4.78, 5) is 18.1. The Labute approximate surface area is 186 Å². The molecule has 0 atom stereocenters. The molecule has 6 heteroatoms. The van der Waals surface area contributed by atoms with Crippen LogP contribution in [0.2, 0.25) is 0 Å². The number of carbonyl (C=O) groups is 1. The fourth-order valence-corrected chi connectivity index (χ4v) is 3.81. The molecule has 1 aliphatic carbocycles. The quantitative estimate of drug-likeness (QED) is 0.260. The molecule has 0 spiro atoms. The van der Waals surface area contributed by atoms with Gasteiger partial charge in [0.15, 0.2) is 5.96 Å². The molecule has 154 valence electrons. The molecule has 1 amide bonds. The maximum absolute atomic E-state index is 11.8. The number of guanidine groups is 1. The van der Waals surface area contributed by atoms with E-state index < -0.39 is 0 Å². The van der Waals surface area contributed by atoms with E-state index in [1.807, 2.05) is 11.9 Å². The van der Waals surface area contributed by atoms with Crippen molar-refractivity contribution in [1.82, 2.24) is 15.5 Å². The average molecular weight is 496 g/mol. The van der Waals surface area contributed by atoms with Gasteiger partial charge in [0.25, 0.3) is 0 Å². The molecule has 1 aliphatic heterocycles. The maximum atomic E-state index is 11.8. The Morgan fingerprint density at radius 2 is 2.00 bits per heavy atom. The van der Waals surface area contributed by atoms with Crippen molar-refractivity contribution in [2.75, 3.05) is 20.1 Å². The normalized spacial score (nSPS) is 17.2. The largest absolute Gasteiger partial charge is 0.356 e. The molecule has 0 bridgehead atoms. The van der Waals surface area contributed by atoms with Crippen LogP contribution in [-0.4, -0.2) is 36.9 Å². The lowest BCUT2D eigenvalue weighted by molar-refractivity contribution is -0.128. The summed E-state index contributed by atoms with van der Waals surface area (Å²) in [5.41, 5.74) is 3.97. The standard InChI is InChI=1S/C22H32N4O.HI/c1-23-22(24-13-12-18-7-3-2-4-8-18)25-16-19-9-5-10-20(15-19)17-26-14-6-11-21(26)27;/h5,7,9-10,15H,2-4,6,8,11-14,16-17H2,1H3,(H2,23,24,25);1H. The topological polar surface area (TPSA) is 56.7 Å². The Morgan fingerprint density at radius 1 is 1.14 bits per heavy atom. The summed E-state index contributed by atoms with van der Waals surface area (Å²) >= 11 is 0. The molecule has 0 radical (unpaired) electrons. The number of nitrogens with zero attached hydrogens (tertiary/aromatic N) is 2. The second kappa shape index (κ2) is 12.1. The first-order chi connectivity index (χ1) is 13.2. The Hall–Kier alpha value is -1.57. The van der Waals surface area contributed by atoms with Gasteiger partial charge in [0, 0.05) is 39.6 Å². The molecule has 2 N–H and O–H groups in total. The summed E-state index contributed by atoms with van der Waals surface area (Å²) in [6.07, 6.45) is 10.3. The lowest BCUT2D eigenvalue weighted by Gasteiger charge is -2.17. The molecule has 3 rings (SSSR count). The van der Waals surface area contributed by atoms with E-state index in [-0.39, 0.29) is 29.9 Å². The Balaban J connectivity index is 0.00000280. The fraction of sp³-hybridized carbons (Fsp3) is 0.545. The summed E-state index contributed by atoms with van der Waals surface area (Å²) < 4.78 is 0. The molecule has 1 fully saturated rings. The van der Waals surface area contributed by atoms with Gasteiger partial charge in [-0.05, 0) is 49.7 Å². The number of halogens is 1. The van der Waals surface area contributed by atoms with Gasteiger partial charge >= 0.3 is 0 Å². The third-order valence-electron chi connectivity index (χ3n) is 5.34. The van der Waals surface area contributed by atoms with Crippen LogP contribution in [-0.2, 0) is 17.9 Å². The zero-order valence-electron chi connectivity index (χ0n) is 16.9. The van der Waals surface area contributed by atoms with E-state index in [4.69, 9.17) is 0 Å². The van der Waals surface area contributed by atoms with Crippen LogP contribution >= 0.6 is 24.0 Å². The summed E-state index contributed by atoms with van der Waals surface area (Å²) in [5, 5.41) is 6.80. The SMILES string of the molecule is CN=C(NCCC1=CCCCC1)NCc1cccc(CN2CCCC2=O)c1.I. The van der Waals surface area contributed by atoms with Gasteiger partial charge in [-0.15, -0.1) is 24.0 Å². The minimum absolute atomic E-state index is 0. The monoisotopic (exact) mass is 496 g/mol. The third-order valence-corrected chi connectivity index (χ3v) is 5.34. The van der Waals surface area contributed by atoms with E-state index in [2.05, 4.69) is 46.0 Å². The van der Waals surface area contributed by atoms with Crippen molar-refractivity contribution in [3.05, 3.63) is 47.0 Å². The zero-order valence-corrected chi connectivity index (χ0v) is 19.2. The first-order valence-corrected chi connectivity index (χ1v) is 10.2. The van der Waals surface area contributed by atoms with Gasteiger partial charge in [0.1, 0.15) is 0 Å². The molecular weight excluding hydrogens is 463 g/mol. The highest BCUT2D eigenvalue weighted by molar-refractivity contribution is 14.0. The highest BCUT2D eigenvalue weighted by atomic mass is 127. The lowest BCUT2D eigenvalue weighted by Crippen LogP contribution is -2.37. The van der Waals surface area contributed by atoms with Crippen LogP contribution in [0.4, 0.5) is 0 Å². The predicted molar refractivity (Wildman–Crippen MR) is 126 cm³/mol. The van der Waals surface area contributed by atoms with Crippen LogP contribution in [0.1, 0.15) is 56.1 Å². The number of benzene rings is 1. The first-order valence-electron chi connectivity index (χ1n) is 10.2. The van der Waals surface area contributed by atoms with Crippen molar-refractivity contribution in [2.45, 2.75) is 58.0 Å². The summed E-state index contributed by atoms with van der Waals surface area (Å²) in [6, 6.07) is 8.46. The van der Waals surface area contributed by atoms with Crippen molar-refractivity contribution in [3.63, 3.8) is 0 Å². The number of hydrogen-bond donors (Lipinski definition) is 2. The number of likely N-dealkylation sites (tertiary alicyclic amines) is 1. The van der Waals surface area contributed by atoms with Gasteiger partial charge in [0.05, 0.1) is 0 Å². The maximum Gasteiger partial charge on any atom is 0.222 e. The Kier molecular flexibility index (Phi) is 9.81. The number of carbonyl (C=O) groups excluding carboxylic acids is 1. The number of rotatable bonds is 7. The summed E-state index contributed by atoms with van der Waals surface area (Å²) in [6.45, 7) is 3.25. The molecule has 5 nitrogen and oxygen atoms in total. The highest BCUT2D eigenvalue weighted by Gasteiger charge is 2.19. The number of hydrogen-bond acceptors (Lipinski definition) is 2. The Morgan fingerprint density at radius 3 is 2.71 bits per heavy atom. The zero-order chi connectivity index (χ0) is 18.9. The predicted octanol–water partition coefficient (Wildman–Crippen LogP) is 3.98. The summed E-state index contributed by atoms with van der Waals surface area (Å²) in [5.74, 6) is 1.11. The number of nitrogens with one attached hydrogen (secondary N) is 2. The van der Waals surface area contributed by atoms with Gasteiger partial charge in [-0.1, -0.05) is 35.9 Å². The molecule has 0 saturated carbocycles. The molecule has 0 aromatic heterocycles. The van der Waals surface area contributed by atoms with Crippen molar-refractivity contribution in [2.24, 2.45) is 4.99 Å². The second-order valence-corrected chi connectivity index (χ2v) is 7.45. The van der Waals surface area contributed by atoms with E-state index in [0.717, 1.165) is 45.0 Å². The van der Waals surface area contributed by atoms with E-state index in [1.54, 1.807) is 5.57 Å². The lowest BCUT2D eigenvalue weighted by atomic mass is 9.97. The fourth-order valence-electron chi connectivity index (χ4n) is 3.81. The molecule has 28 heavy (non-hydrogen) atoms. The van der Waals surface area contributed by atoms with Gasteiger partial charge < -0.3 is 15.5 Å². The van der Waals surface area contributed by atoms with E-state index in [0.29, 0.717) is 6.42 Å². The molecule has 1 aromatic rings. The molecule has 1 aromatic carbocycles. The third kappa shape index (κ3) is 7.11. The van der Waals surface area contributed by atoms with Crippen LogP contribution in [0.15, 0.2) is 40.9 Å². The smallest absolute Gasteiger partial charge is 0.222 e. The van der Waals surface area contributed by atoms with E-state index in [9.17, 15) is 4.79 Å². The molecule has 0 unspecified atom stereocenters. The minimum Gasteiger partial charge on any atom is -0.356 e. The first kappa shape index (κ1) is 22.7. The summed E-state index contributed by atoms with van der Waals surface area (Å²) in [7, 11) is 1.81. The van der Waals surface area contributed by atoms with Crippen molar-refractivity contribution in [1.29, 1.82) is 0 Å². The van der Waals surface area contributed by atoms with E-state index in [1.165, 1.54) is 36.8 Å². The van der Waals surface area contributed by atoms with Crippen molar-refractivity contribution >= 4 is 35.8 Å². The van der Waals surface area contributed by atoms with Gasteiger partial charge in [-0.3, -0.25) is 9.79 Å². The minimum atomic E-state index is 0. The van der Waals surface area contributed by atoms with Crippen LogP contribution in [0, 0.1) is 0 Å². The van der Waals surface area contributed by atoms with Crippen molar-refractivity contribution < 1.29 is 4.79 Å². The van der Waals surface area contributed by atoms with Gasteiger partial charge in [-0.25, -0.2) is 0 Å². The number of amides is 1. The van der Waals surface area contributed by atoms with Gasteiger partial charge in [-0.2, -0.15) is 0 Å². The van der Waals surface area contributed by atoms with Crippen molar-refractivity contribution in [3.8, 4) is 0 Å². The average Bonchev–Trinajstić information content (AvgIpc) is 3.10. The molecule has 1 saturated heterocycles. The second-order valence-electron chi connectivity index (χ2n) is 7.45. The van der Waals surface area contributed by atoms with Crippen LogP contribution < -0.4 is 10.6 Å². The van der Waals surface area contributed by atoms with Crippen LogP contribution in [0.3, 0.4) is 0 Å². The number of allylic oxidation sites excluding steroid dienone is 1. The highest BCUT2D eigenvalue weighted by Crippen LogP contribution is 2.19. The molecule has 1 heterocycles. The van der Waals surface area contributed by atoms with Crippen LogP contribution in [0.5, 0.6) is 0 Å². The van der Waals surface area contributed by atoms with Crippen LogP contribution in [0.25, 0.3) is 0 Å². The van der Waals surface area contributed by atoms with Gasteiger partial charge in [0.2, 0.25) is 5.91 Å². The van der Waals surface area contributed by atoms with E-state index >= 15 is 0 Å². The number of aliphatic imine (C=N–C) groups is 1. The molecule has 2 aliphatic rings. The molecular formula is C22H33IN4O.